The maximum absolute atomic E-state index is 2.42. The molecule has 1 aliphatic heterocycles. The molecule has 2 heteroatoms. The topological polar surface area (TPSA) is 6.25 Å². The van der Waals surface area contributed by atoms with E-state index in [0.717, 1.165) is 13.1 Å². The summed E-state index contributed by atoms with van der Waals surface area (Å²) in [4.78, 5) is 2.42. The fourth-order valence-electron chi connectivity index (χ4n) is 1.89. The second-order valence-electron chi connectivity index (χ2n) is 4.29. The van der Waals surface area contributed by atoms with Crippen LogP contribution in [0.2, 0.25) is 0 Å². The first-order valence-electron chi connectivity index (χ1n) is 6.38. The maximum atomic E-state index is 2.42. The van der Waals surface area contributed by atoms with E-state index in [9.17, 15) is 0 Å². The number of hydrogen-bond acceptors (Lipinski definition) is 1. The van der Waals surface area contributed by atoms with Crippen LogP contribution in [0.25, 0.3) is 0 Å². The van der Waals surface area contributed by atoms with Crippen LogP contribution in [0.4, 0.5) is 0 Å². The van der Waals surface area contributed by atoms with E-state index in [4.69, 9.17) is 0 Å². The first-order chi connectivity index (χ1) is 7.36. The molecule has 0 atom stereocenters. The lowest BCUT2D eigenvalue weighted by Gasteiger charge is -2.16. The van der Waals surface area contributed by atoms with Crippen LogP contribution in [-0.2, 0) is 0 Å². The van der Waals surface area contributed by atoms with E-state index in [1.54, 1.807) is 0 Å². The lowest BCUT2D eigenvalue weighted by atomic mass is 10.2. The molecular weight excluding hydrogens is 184 g/mol. The van der Waals surface area contributed by atoms with E-state index in [0.29, 0.717) is 0 Å². The summed E-state index contributed by atoms with van der Waals surface area (Å²) in [6.45, 7) is 7.93. The molecule has 0 saturated heterocycles. The van der Waals surface area contributed by atoms with Gasteiger partial charge < -0.3 is 0 Å². The Morgan fingerprint density at radius 1 is 1.13 bits per heavy atom. The van der Waals surface area contributed by atoms with E-state index in [-0.39, 0.29) is 0 Å². The van der Waals surface area contributed by atoms with Gasteiger partial charge >= 0.3 is 0 Å². The average molecular weight is 209 g/mol. The predicted octanol–water partition coefficient (Wildman–Crippen LogP) is 2.85. The highest BCUT2D eigenvalue weighted by Crippen LogP contribution is 2.02. The molecule has 2 nitrogen and oxygen atoms in total. The van der Waals surface area contributed by atoms with Crippen LogP contribution in [0.3, 0.4) is 0 Å². The van der Waals surface area contributed by atoms with Crippen LogP contribution in [0.1, 0.15) is 46.0 Å². The van der Waals surface area contributed by atoms with Crippen molar-refractivity contribution < 1.29 is 4.58 Å². The minimum absolute atomic E-state index is 1.09. The predicted molar refractivity (Wildman–Crippen MR) is 66.3 cm³/mol. The zero-order valence-electron chi connectivity index (χ0n) is 10.3. The zero-order valence-corrected chi connectivity index (χ0v) is 10.3. The van der Waals surface area contributed by atoms with Crippen LogP contribution in [0, 0.1) is 0 Å². The zero-order chi connectivity index (χ0) is 10.9. The van der Waals surface area contributed by atoms with Gasteiger partial charge in [0.1, 0.15) is 6.54 Å². The van der Waals surface area contributed by atoms with Crippen LogP contribution in [0.15, 0.2) is 12.3 Å². The summed E-state index contributed by atoms with van der Waals surface area (Å²) in [5, 5.41) is 0. The van der Waals surface area contributed by atoms with Crippen molar-refractivity contribution in [3.63, 3.8) is 0 Å². The van der Waals surface area contributed by atoms with Gasteiger partial charge in [0.25, 0.3) is 0 Å². The summed E-state index contributed by atoms with van der Waals surface area (Å²) >= 11 is 0. The van der Waals surface area contributed by atoms with Gasteiger partial charge in [0.15, 0.2) is 0 Å². The Bertz CT molecular complexity index is 219. The van der Waals surface area contributed by atoms with E-state index in [2.05, 4.69) is 41.9 Å². The Hall–Kier alpha value is -0.790. The van der Waals surface area contributed by atoms with Gasteiger partial charge in [0.05, 0.1) is 19.3 Å². The van der Waals surface area contributed by atoms with Crippen LogP contribution in [0.5, 0.6) is 0 Å². The number of nitrogens with zero attached hydrogens (tertiary/aromatic N) is 2. The first kappa shape index (κ1) is 12.3. The Labute approximate surface area is 94.3 Å². The van der Waals surface area contributed by atoms with Gasteiger partial charge in [-0.05, 0) is 25.3 Å². The molecule has 0 aliphatic carbocycles. The standard InChI is InChI=1S/C13H25N2/c1-3-5-6-7-10-15-12-8-11-14(13-15)9-4-2/h8,11,13H,3-7,9-10,12H2,1-2H3/q+1. The fourth-order valence-corrected chi connectivity index (χ4v) is 1.89. The lowest BCUT2D eigenvalue weighted by Crippen LogP contribution is -2.31. The molecule has 0 bridgehead atoms. The fraction of sp³-hybridized carbons (Fsp3) is 0.769. The Morgan fingerprint density at radius 3 is 2.73 bits per heavy atom. The Kier molecular flexibility index (Phi) is 6.14. The smallest absolute Gasteiger partial charge is 0.239 e. The molecule has 0 aromatic rings. The minimum Gasteiger partial charge on any atom is -0.264 e. The molecule has 1 rings (SSSR count). The summed E-state index contributed by atoms with van der Waals surface area (Å²) in [7, 11) is 0. The third-order valence-electron chi connectivity index (χ3n) is 2.73. The van der Waals surface area contributed by atoms with Crippen molar-refractivity contribution in [2.45, 2.75) is 46.0 Å². The van der Waals surface area contributed by atoms with Crippen LogP contribution < -0.4 is 0 Å². The second kappa shape index (κ2) is 7.49. The third kappa shape index (κ3) is 5.01. The van der Waals surface area contributed by atoms with Crippen LogP contribution in [-0.4, -0.2) is 35.4 Å². The maximum Gasteiger partial charge on any atom is 0.239 e. The van der Waals surface area contributed by atoms with Gasteiger partial charge in [-0.1, -0.05) is 26.7 Å². The van der Waals surface area contributed by atoms with Gasteiger partial charge in [-0.3, -0.25) is 4.90 Å². The largest absolute Gasteiger partial charge is 0.264 e. The van der Waals surface area contributed by atoms with Crippen LogP contribution >= 0.6 is 0 Å². The summed E-state index contributed by atoms with van der Waals surface area (Å²) < 4.78 is 2.29. The van der Waals surface area contributed by atoms with Gasteiger partial charge in [-0.2, -0.15) is 0 Å². The third-order valence-corrected chi connectivity index (χ3v) is 2.73. The van der Waals surface area contributed by atoms with Gasteiger partial charge in [-0.15, -0.1) is 0 Å². The van der Waals surface area contributed by atoms with Gasteiger partial charge in [0.2, 0.25) is 6.34 Å². The molecular formula is C13H25N2+. The molecule has 0 unspecified atom stereocenters. The van der Waals surface area contributed by atoms with Crippen molar-refractivity contribution in [3.8, 4) is 0 Å². The summed E-state index contributed by atoms with van der Waals surface area (Å²) in [6.07, 6.45) is 13.4. The Balaban J connectivity index is 2.22. The first-order valence-corrected chi connectivity index (χ1v) is 6.38. The molecule has 0 aromatic carbocycles. The highest BCUT2D eigenvalue weighted by Gasteiger charge is 2.10. The minimum atomic E-state index is 1.09. The second-order valence-corrected chi connectivity index (χ2v) is 4.29. The summed E-state index contributed by atoms with van der Waals surface area (Å²) in [6, 6.07) is 0. The van der Waals surface area contributed by atoms with Gasteiger partial charge in [-0.25, -0.2) is 4.58 Å². The Morgan fingerprint density at radius 2 is 2.00 bits per heavy atom. The van der Waals surface area contributed by atoms with E-state index >= 15 is 0 Å². The summed E-state index contributed by atoms with van der Waals surface area (Å²) in [5.74, 6) is 0. The van der Waals surface area contributed by atoms with E-state index in [1.165, 1.54) is 38.6 Å². The summed E-state index contributed by atoms with van der Waals surface area (Å²) in [5.41, 5.74) is 0. The van der Waals surface area contributed by atoms with Gasteiger partial charge in [0, 0.05) is 0 Å². The van der Waals surface area contributed by atoms with Crippen molar-refractivity contribution in [2.75, 3.05) is 19.6 Å². The van der Waals surface area contributed by atoms with Crippen molar-refractivity contribution in [3.05, 3.63) is 12.3 Å². The molecule has 0 saturated carbocycles. The van der Waals surface area contributed by atoms with Crippen molar-refractivity contribution in [1.82, 2.24) is 4.90 Å². The number of rotatable bonds is 7. The molecule has 86 valence electrons. The SMILES string of the molecule is CCCCCCN1C=[N+](CCC)C=CC1. The highest BCUT2D eigenvalue weighted by molar-refractivity contribution is 5.50. The quantitative estimate of drug-likeness (QED) is 0.461. The number of hydrogen-bond donors (Lipinski definition) is 0. The average Bonchev–Trinajstić information content (AvgIpc) is 2.26. The normalized spacial score (nSPS) is 15.6. The monoisotopic (exact) mass is 209 g/mol. The molecule has 15 heavy (non-hydrogen) atoms. The van der Waals surface area contributed by atoms with Crippen molar-refractivity contribution in [1.29, 1.82) is 0 Å². The van der Waals surface area contributed by atoms with E-state index in [1.807, 2.05) is 0 Å². The molecule has 0 amide bonds. The molecule has 0 spiro atoms. The molecule has 1 heterocycles. The van der Waals surface area contributed by atoms with E-state index < -0.39 is 0 Å². The van der Waals surface area contributed by atoms with Crippen molar-refractivity contribution >= 4 is 6.34 Å². The molecule has 0 fully saturated rings. The molecule has 0 aromatic heterocycles. The highest BCUT2D eigenvalue weighted by atomic mass is 15.2. The lowest BCUT2D eigenvalue weighted by molar-refractivity contribution is -0.459. The molecule has 1 aliphatic rings. The molecule has 0 radical (unpaired) electrons. The van der Waals surface area contributed by atoms with Crippen molar-refractivity contribution in [2.24, 2.45) is 0 Å². The molecule has 0 N–H and O–H groups in total. The number of unbranched alkanes of at least 4 members (excludes halogenated alkanes) is 3.